The van der Waals surface area contributed by atoms with Gasteiger partial charge in [0.25, 0.3) is 0 Å². The quantitative estimate of drug-likeness (QED) is 0.759. The molecule has 1 aromatic rings. The van der Waals surface area contributed by atoms with Crippen LogP contribution in [-0.4, -0.2) is 42.2 Å². The maximum atomic E-state index is 12.2. The standard InChI is InChI=1S/C17H26N2O2/c20-14-6-2-5-11-19-12-9-15(10-13-19)17(21)18-16-7-3-1-4-8-16/h1,3-4,7-8,15,20H,2,5-6,9-14H2,(H,18,21). The maximum Gasteiger partial charge on any atom is 0.227 e. The van der Waals surface area contributed by atoms with Crippen molar-refractivity contribution in [3.63, 3.8) is 0 Å². The number of likely N-dealkylation sites (tertiary alicyclic amines) is 1. The predicted molar refractivity (Wildman–Crippen MR) is 85.2 cm³/mol. The van der Waals surface area contributed by atoms with Gasteiger partial charge in [-0.1, -0.05) is 18.2 Å². The number of hydrogen-bond donors (Lipinski definition) is 2. The van der Waals surface area contributed by atoms with Gasteiger partial charge >= 0.3 is 0 Å². The summed E-state index contributed by atoms with van der Waals surface area (Å²) in [5, 5.41) is 11.8. The van der Waals surface area contributed by atoms with Crippen molar-refractivity contribution in [3.8, 4) is 0 Å². The van der Waals surface area contributed by atoms with E-state index in [1.165, 1.54) is 0 Å². The number of unbranched alkanes of at least 4 members (excludes halogenated alkanes) is 2. The van der Waals surface area contributed by atoms with Crippen LogP contribution in [0.15, 0.2) is 30.3 Å². The van der Waals surface area contributed by atoms with Gasteiger partial charge in [-0.15, -0.1) is 0 Å². The second kappa shape index (κ2) is 8.80. The topological polar surface area (TPSA) is 52.6 Å². The minimum absolute atomic E-state index is 0.138. The van der Waals surface area contributed by atoms with Gasteiger partial charge in [0, 0.05) is 18.2 Å². The number of anilines is 1. The van der Waals surface area contributed by atoms with E-state index in [2.05, 4.69) is 10.2 Å². The zero-order chi connectivity index (χ0) is 14.9. The summed E-state index contributed by atoms with van der Waals surface area (Å²) in [4.78, 5) is 14.7. The van der Waals surface area contributed by atoms with Gasteiger partial charge in [0.05, 0.1) is 0 Å². The number of aliphatic hydroxyl groups is 1. The van der Waals surface area contributed by atoms with Crippen LogP contribution in [0, 0.1) is 5.92 Å². The molecule has 1 fully saturated rings. The molecule has 0 aromatic heterocycles. The van der Waals surface area contributed by atoms with Crippen LogP contribution in [0.25, 0.3) is 0 Å². The molecule has 0 aliphatic carbocycles. The summed E-state index contributed by atoms with van der Waals surface area (Å²) in [6.07, 6.45) is 5.01. The van der Waals surface area contributed by atoms with E-state index in [-0.39, 0.29) is 11.8 Å². The third-order valence-corrected chi connectivity index (χ3v) is 4.13. The Hall–Kier alpha value is -1.39. The van der Waals surface area contributed by atoms with E-state index in [1.807, 2.05) is 30.3 Å². The van der Waals surface area contributed by atoms with Crippen molar-refractivity contribution in [1.82, 2.24) is 4.90 Å². The second-order valence-electron chi connectivity index (χ2n) is 5.76. The Bertz CT molecular complexity index is 414. The molecule has 1 aliphatic heterocycles. The fourth-order valence-corrected chi connectivity index (χ4v) is 2.81. The smallest absolute Gasteiger partial charge is 0.227 e. The van der Waals surface area contributed by atoms with E-state index in [1.54, 1.807) is 0 Å². The number of carbonyl (C=O) groups is 1. The van der Waals surface area contributed by atoms with Crippen LogP contribution < -0.4 is 5.32 Å². The van der Waals surface area contributed by atoms with E-state index >= 15 is 0 Å². The molecule has 1 aromatic carbocycles. The largest absolute Gasteiger partial charge is 0.396 e. The Morgan fingerprint density at radius 2 is 1.86 bits per heavy atom. The summed E-state index contributed by atoms with van der Waals surface area (Å²) in [5.41, 5.74) is 0.883. The first-order valence-electron chi connectivity index (χ1n) is 7.98. The summed E-state index contributed by atoms with van der Waals surface area (Å²) >= 11 is 0. The van der Waals surface area contributed by atoms with Gasteiger partial charge in [-0.2, -0.15) is 0 Å². The van der Waals surface area contributed by atoms with E-state index < -0.39 is 0 Å². The Morgan fingerprint density at radius 1 is 1.14 bits per heavy atom. The number of nitrogens with one attached hydrogen (secondary N) is 1. The van der Waals surface area contributed by atoms with Gasteiger partial charge < -0.3 is 15.3 Å². The van der Waals surface area contributed by atoms with E-state index in [0.717, 1.165) is 57.4 Å². The molecule has 21 heavy (non-hydrogen) atoms. The molecule has 4 nitrogen and oxygen atoms in total. The number of nitrogens with zero attached hydrogens (tertiary/aromatic N) is 1. The molecular weight excluding hydrogens is 264 g/mol. The molecule has 0 atom stereocenters. The number of amides is 1. The summed E-state index contributed by atoms with van der Waals surface area (Å²) in [6.45, 7) is 3.40. The van der Waals surface area contributed by atoms with Gasteiger partial charge in [-0.25, -0.2) is 0 Å². The molecule has 1 amide bonds. The summed E-state index contributed by atoms with van der Waals surface area (Å²) in [6, 6.07) is 9.67. The molecule has 2 N–H and O–H groups in total. The number of hydrogen-bond acceptors (Lipinski definition) is 3. The SMILES string of the molecule is O=C(Nc1ccccc1)C1CCN(CCCCCO)CC1. The van der Waals surface area contributed by atoms with Crippen LogP contribution in [0.1, 0.15) is 32.1 Å². The lowest BCUT2D eigenvalue weighted by Crippen LogP contribution is -2.38. The average molecular weight is 290 g/mol. The molecule has 2 rings (SSSR count). The summed E-state index contributed by atoms with van der Waals surface area (Å²) < 4.78 is 0. The number of aliphatic hydroxyl groups excluding tert-OH is 1. The Balaban J connectivity index is 1.67. The van der Waals surface area contributed by atoms with Gasteiger partial charge in [-0.05, 0) is 63.9 Å². The van der Waals surface area contributed by atoms with Crippen LogP contribution in [-0.2, 0) is 4.79 Å². The number of benzene rings is 1. The van der Waals surface area contributed by atoms with E-state index in [4.69, 9.17) is 5.11 Å². The molecule has 4 heteroatoms. The molecule has 116 valence electrons. The third kappa shape index (κ3) is 5.48. The Labute approximate surface area is 127 Å². The molecule has 1 heterocycles. The first kappa shape index (κ1) is 16.0. The minimum atomic E-state index is 0.138. The zero-order valence-corrected chi connectivity index (χ0v) is 12.6. The first-order chi connectivity index (χ1) is 10.3. The lowest BCUT2D eigenvalue weighted by molar-refractivity contribution is -0.121. The molecule has 0 radical (unpaired) electrons. The highest BCUT2D eigenvalue weighted by Gasteiger charge is 2.24. The predicted octanol–water partition coefficient (Wildman–Crippen LogP) is 2.50. The van der Waals surface area contributed by atoms with Crippen LogP contribution in [0.5, 0.6) is 0 Å². The van der Waals surface area contributed by atoms with Crippen LogP contribution >= 0.6 is 0 Å². The van der Waals surface area contributed by atoms with Gasteiger partial charge in [-0.3, -0.25) is 4.79 Å². The van der Waals surface area contributed by atoms with Crippen LogP contribution in [0.3, 0.4) is 0 Å². The fraction of sp³-hybridized carbons (Fsp3) is 0.588. The highest BCUT2D eigenvalue weighted by atomic mass is 16.2. The number of carbonyl (C=O) groups excluding carboxylic acids is 1. The van der Waals surface area contributed by atoms with Crippen LogP contribution in [0.2, 0.25) is 0 Å². The Kier molecular flexibility index (Phi) is 6.70. The fourth-order valence-electron chi connectivity index (χ4n) is 2.81. The van der Waals surface area contributed by atoms with Crippen molar-refractivity contribution >= 4 is 11.6 Å². The summed E-state index contributed by atoms with van der Waals surface area (Å²) in [5.74, 6) is 0.292. The van der Waals surface area contributed by atoms with Crippen molar-refractivity contribution in [1.29, 1.82) is 0 Å². The Morgan fingerprint density at radius 3 is 2.52 bits per heavy atom. The highest BCUT2D eigenvalue weighted by molar-refractivity contribution is 5.92. The second-order valence-corrected chi connectivity index (χ2v) is 5.76. The van der Waals surface area contributed by atoms with E-state index in [9.17, 15) is 4.79 Å². The molecular formula is C17H26N2O2. The van der Waals surface area contributed by atoms with Crippen molar-refractivity contribution < 1.29 is 9.90 Å². The molecule has 1 saturated heterocycles. The lowest BCUT2D eigenvalue weighted by Gasteiger charge is -2.31. The molecule has 0 spiro atoms. The maximum absolute atomic E-state index is 12.2. The molecule has 0 unspecified atom stereocenters. The van der Waals surface area contributed by atoms with Gasteiger partial charge in [0.15, 0.2) is 0 Å². The van der Waals surface area contributed by atoms with Crippen molar-refractivity contribution in [2.24, 2.45) is 5.92 Å². The van der Waals surface area contributed by atoms with Crippen LogP contribution in [0.4, 0.5) is 5.69 Å². The number of para-hydroxylation sites is 1. The van der Waals surface area contributed by atoms with Crippen molar-refractivity contribution in [3.05, 3.63) is 30.3 Å². The monoisotopic (exact) mass is 290 g/mol. The lowest BCUT2D eigenvalue weighted by atomic mass is 9.95. The number of piperidine rings is 1. The molecule has 0 saturated carbocycles. The van der Waals surface area contributed by atoms with Gasteiger partial charge in [0.2, 0.25) is 5.91 Å². The minimum Gasteiger partial charge on any atom is -0.396 e. The molecule has 1 aliphatic rings. The number of rotatable bonds is 7. The van der Waals surface area contributed by atoms with E-state index in [0.29, 0.717) is 6.61 Å². The van der Waals surface area contributed by atoms with Crippen molar-refractivity contribution in [2.75, 3.05) is 31.6 Å². The van der Waals surface area contributed by atoms with Crippen molar-refractivity contribution in [2.45, 2.75) is 32.1 Å². The normalized spacial score (nSPS) is 16.8. The average Bonchev–Trinajstić information content (AvgIpc) is 2.53. The zero-order valence-electron chi connectivity index (χ0n) is 12.6. The third-order valence-electron chi connectivity index (χ3n) is 4.13. The first-order valence-corrected chi connectivity index (χ1v) is 7.98. The van der Waals surface area contributed by atoms with Gasteiger partial charge in [0.1, 0.15) is 0 Å². The highest BCUT2D eigenvalue weighted by Crippen LogP contribution is 2.19. The molecule has 0 bridgehead atoms. The summed E-state index contributed by atoms with van der Waals surface area (Å²) in [7, 11) is 0.